The molecule has 0 spiro atoms. The molecule has 2 unspecified atom stereocenters. The lowest BCUT2D eigenvalue weighted by Gasteiger charge is -2.29. The Labute approximate surface area is 197 Å². The molecule has 1 aliphatic rings. The van der Waals surface area contributed by atoms with Gasteiger partial charge in [0.05, 0.1) is 24.0 Å². The molecule has 3 rings (SSSR count). The molecule has 0 saturated heterocycles. The molecule has 2 aromatic rings. The first-order valence-corrected chi connectivity index (χ1v) is 11.7. The summed E-state index contributed by atoms with van der Waals surface area (Å²) in [6.45, 7) is 7.40. The van der Waals surface area contributed by atoms with Gasteiger partial charge < -0.3 is 14.8 Å². The maximum absolute atomic E-state index is 6.33. The Morgan fingerprint density at radius 2 is 2.09 bits per heavy atom. The molecule has 0 aliphatic heterocycles. The summed E-state index contributed by atoms with van der Waals surface area (Å²) in [4.78, 5) is 0. The van der Waals surface area contributed by atoms with Crippen LogP contribution >= 0.6 is 0 Å². The number of benzene rings is 1. The molecule has 1 aromatic heterocycles. The number of nitrogens with zero attached hydrogens (tertiary/aromatic N) is 3. The fourth-order valence-electron chi connectivity index (χ4n) is 3.94. The van der Waals surface area contributed by atoms with Crippen LogP contribution in [0.3, 0.4) is 0 Å². The predicted octanol–water partition coefficient (Wildman–Crippen LogP) is 4.20. The van der Waals surface area contributed by atoms with Crippen molar-refractivity contribution >= 4 is 5.69 Å². The summed E-state index contributed by atoms with van der Waals surface area (Å²) in [6.07, 6.45) is 8.95. The summed E-state index contributed by atoms with van der Waals surface area (Å²) >= 11 is 0. The van der Waals surface area contributed by atoms with Crippen LogP contribution in [0.2, 0.25) is 0 Å². The quantitative estimate of drug-likeness (QED) is 0.252. The summed E-state index contributed by atoms with van der Waals surface area (Å²) in [5.74, 6) is 7.65. The standard InChI is InChI=1S/C25H38N6O2/c1-6-15-32-24-10-8-9-22(27-25(7-2)31(5)29-26)20(24)17-33-23-12-11-19(16-18(23)3)21-13-14-30(4)28-21/h8-14,19,25,27,29H,6-7,15-17,26H2,1-5H3. The number of aromatic nitrogens is 2. The van der Waals surface area contributed by atoms with Crippen molar-refractivity contribution in [2.24, 2.45) is 12.9 Å². The average molecular weight is 455 g/mol. The molecule has 0 saturated carbocycles. The highest BCUT2D eigenvalue weighted by Gasteiger charge is 2.20. The Morgan fingerprint density at radius 1 is 1.27 bits per heavy atom. The van der Waals surface area contributed by atoms with Gasteiger partial charge in [-0.2, -0.15) is 10.6 Å². The van der Waals surface area contributed by atoms with E-state index in [0.717, 1.165) is 47.7 Å². The van der Waals surface area contributed by atoms with E-state index in [-0.39, 0.29) is 12.1 Å². The van der Waals surface area contributed by atoms with Gasteiger partial charge in [-0.25, -0.2) is 5.01 Å². The Kier molecular flexibility index (Phi) is 8.94. The SMILES string of the molecule is CCCOc1cccc(NC(CC)N(C)NN)c1COC1=C(C)CC(c2ccn(C)n2)C=C1. The van der Waals surface area contributed by atoms with Crippen molar-refractivity contribution in [3.63, 3.8) is 0 Å². The monoisotopic (exact) mass is 454 g/mol. The molecular formula is C25H38N6O2. The summed E-state index contributed by atoms with van der Waals surface area (Å²) in [7, 11) is 3.86. The van der Waals surface area contributed by atoms with Crippen LogP contribution in [-0.4, -0.2) is 34.6 Å². The van der Waals surface area contributed by atoms with Crippen LogP contribution in [0.15, 0.2) is 53.9 Å². The van der Waals surface area contributed by atoms with Crippen molar-refractivity contribution in [2.75, 3.05) is 19.0 Å². The second-order valence-electron chi connectivity index (χ2n) is 8.46. The first kappa shape index (κ1) is 24.8. The molecule has 4 N–H and O–H groups in total. The molecule has 180 valence electrons. The van der Waals surface area contributed by atoms with E-state index in [0.29, 0.717) is 13.2 Å². The molecule has 8 nitrogen and oxygen atoms in total. The van der Waals surface area contributed by atoms with Gasteiger partial charge in [-0.1, -0.05) is 26.0 Å². The molecule has 1 aliphatic carbocycles. The van der Waals surface area contributed by atoms with Gasteiger partial charge in [-0.3, -0.25) is 10.5 Å². The number of ether oxygens (including phenoxy) is 2. The van der Waals surface area contributed by atoms with Crippen LogP contribution in [-0.2, 0) is 18.4 Å². The number of nitrogens with one attached hydrogen (secondary N) is 2. The van der Waals surface area contributed by atoms with E-state index < -0.39 is 0 Å². The number of hydrogen-bond acceptors (Lipinski definition) is 7. The highest BCUT2D eigenvalue weighted by molar-refractivity contribution is 5.58. The zero-order chi connectivity index (χ0) is 23.8. The van der Waals surface area contributed by atoms with E-state index in [9.17, 15) is 0 Å². The van der Waals surface area contributed by atoms with Gasteiger partial charge in [0.25, 0.3) is 0 Å². The van der Waals surface area contributed by atoms with E-state index in [1.807, 2.05) is 42.1 Å². The van der Waals surface area contributed by atoms with E-state index in [1.54, 1.807) is 0 Å². The molecule has 8 heteroatoms. The fraction of sp³-hybridized carbons (Fsp3) is 0.480. The zero-order valence-electron chi connectivity index (χ0n) is 20.5. The highest BCUT2D eigenvalue weighted by atomic mass is 16.5. The second kappa shape index (κ2) is 11.9. The van der Waals surface area contributed by atoms with Crippen LogP contribution in [0.1, 0.15) is 57.2 Å². The van der Waals surface area contributed by atoms with Crippen molar-refractivity contribution in [3.05, 3.63) is 65.2 Å². The predicted molar refractivity (Wildman–Crippen MR) is 132 cm³/mol. The molecule has 0 bridgehead atoms. The maximum atomic E-state index is 6.33. The smallest absolute Gasteiger partial charge is 0.127 e. The lowest BCUT2D eigenvalue weighted by atomic mass is 9.91. The number of aryl methyl sites for hydroxylation is 1. The van der Waals surface area contributed by atoms with Gasteiger partial charge >= 0.3 is 0 Å². The summed E-state index contributed by atoms with van der Waals surface area (Å²) in [5, 5.41) is 9.97. The normalized spacial score (nSPS) is 16.9. The lowest BCUT2D eigenvalue weighted by Crippen LogP contribution is -2.49. The van der Waals surface area contributed by atoms with Gasteiger partial charge in [0, 0.05) is 31.9 Å². The molecule has 0 radical (unpaired) electrons. The molecular weight excluding hydrogens is 416 g/mol. The summed E-state index contributed by atoms with van der Waals surface area (Å²) in [6, 6.07) is 8.13. The number of rotatable bonds is 12. The van der Waals surface area contributed by atoms with Crippen LogP contribution in [0.5, 0.6) is 5.75 Å². The number of nitrogens with two attached hydrogens (primary N) is 1. The zero-order valence-corrected chi connectivity index (χ0v) is 20.5. The van der Waals surface area contributed by atoms with Gasteiger partial charge in [-0.15, -0.1) is 0 Å². The van der Waals surface area contributed by atoms with Crippen LogP contribution < -0.4 is 21.4 Å². The van der Waals surface area contributed by atoms with Crippen LogP contribution in [0, 0.1) is 0 Å². The van der Waals surface area contributed by atoms with Gasteiger partial charge in [0.2, 0.25) is 0 Å². The fourth-order valence-corrected chi connectivity index (χ4v) is 3.94. The Balaban J connectivity index is 1.77. The highest BCUT2D eigenvalue weighted by Crippen LogP contribution is 2.33. The maximum Gasteiger partial charge on any atom is 0.127 e. The van der Waals surface area contributed by atoms with Crippen LogP contribution in [0.25, 0.3) is 0 Å². The molecule has 0 fully saturated rings. The van der Waals surface area contributed by atoms with Crippen molar-refractivity contribution in [1.82, 2.24) is 20.3 Å². The first-order valence-electron chi connectivity index (χ1n) is 11.7. The third kappa shape index (κ3) is 6.37. The second-order valence-corrected chi connectivity index (χ2v) is 8.46. The minimum absolute atomic E-state index is 0.0184. The van der Waals surface area contributed by atoms with Gasteiger partial charge in [-0.05, 0) is 56.0 Å². The third-order valence-corrected chi connectivity index (χ3v) is 5.89. The van der Waals surface area contributed by atoms with Crippen LogP contribution in [0.4, 0.5) is 5.69 Å². The van der Waals surface area contributed by atoms with E-state index in [1.165, 1.54) is 5.57 Å². The van der Waals surface area contributed by atoms with Crippen molar-refractivity contribution < 1.29 is 9.47 Å². The summed E-state index contributed by atoms with van der Waals surface area (Å²) in [5.41, 5.74) is 6.97. The van der Waals surface area contributed by atoms with Gasteiger partial charge in [0.15, 0.2) is 0 Å². The van der Waals surface area contributed by atoms with Crippen molar-refractivity contribution in [2.45, 2.75) is 58.7 Å². The first-order chi connectivity index (χ1) is 16.0. The van der Waals surface area contributed by atoms with E-state index in [2.05, 4.69) is 61.0 Å². The largest absolute Gasteiger partial charge is 0.493 e. The van der Waals surface area contributed by atoms with Crippen molar-refractivity contribution in [1.29, 1.82) is 0 Å². The number of hydrogen-bond donors (Lipinski definition) is 3. The lowest BCUT2D eigenvalue weighted by molar-refractivity contribution is 0.177. The molecule has 2 atom stereocenters. The molecule has 1 heterocycles. The Bertz CT molecular complexity index is 968. The number of hydrazine groups is 2. The topological polar surface area (TPSA) is 89.6 Å². The molecule has 1 aromatic carbocycles. The Hall–Kier alpha value is -2.81. The average Bonchev–Trinajstić information content (AvgIpc) is 3.26. The molecule has 33 heavy (non-hydrogen) atoms. The Morgan fingerprint density at radius 3 is 2.73 bits per heavy atom. The van der Waals surface area contributed by atoms with Crippen molar-refractivity contribution in [3.8, 4) is 5.75 Å². The van der Waals surface area contributed by atoms with E-state index >= 15 is 0 Å². The minimum Gasteiger partial charge on any atom is -0.493 e. The number of allylic oxidation sites excluding steroid dienone is 3. The number of anilines is 1. The summed E-state index contributed by atoms with van der Waals surface area (Å²) < 4.78 is 14.2. The minimum atomic E-state index is 0.0184. The van der Waals surface area contributed by atoms with Gasteiger partial charge in [0.1, 0.15) is 18.1 Å². The molecule has 0 amide bonds. The third-order valence-electron chi connectivity index (χ3n) is 5.89. The van der Waals surface area contributed by atoms with E-state index in [4.69, 9.17) is 15.3 Å².